The zero-order valence-electron chi connectivity index (χ0n) is 9.78. The largest absolute Gasteiger partial charge is 0.435 e. The summed E-state index contributed by atoms with van der Waals surface area (Å²) in [5, 5.41) is 3.36. The van der Waals surface area contributed by atoms with E-state index in [4.69, 9.17) is 0 Å². The predicted molar refractivity (Wildman–Crippen MR) is 57.7 cm³/mol. The predicted octanol–water partition coefficient (Wildman–Crippen LogP) is 1.91. The van der Waals surface area contributed by atoms with Crippen LogP contribution in [0.2, 0.25) is 0 Å². The van der Waals surface area contributed by atoms with Crippen molar-refractivity contribution in [2.75, 3.05) is 13.1 Å². The highest BCUT2D eigenvalue weighted by molar-refractivity contribution is 5.75. The number of carbonyl (C=O) groups excluding carboxylic acids is 1. The Kier molecular flexibility index (Phi) is 3.58. The first-order valence-electron chi connectivity index (χ1n) is 5.85. The van der Waals surface area contributed by atoms with Crippen molar-refractivity contribution in [3.05, 3.63) is 18.0 Å². The molecule has 1 saturated heterocycles. The standard InChI is InChI=1S/C11H14F3N3O/c12-11(13,14)9-4-7-17(15-9)8-10(18)16-5-2-1-3-6-16/h4,7H,1-3,5-6,8H2. The summed E-state index contributed by atoms with van der Waals surface area (Å²) < 4.78 is 38.0. The summed E-state index contributed by atoms with van der Waals surface area (Å²) >= 11 is 0. The van der Waals surface area contributed by atoms with E-state index in [0.717, 1.165) is 30.0 Å². The fourth-order valence-electron chi connectivity index (χ4n) is 1.98. The number of piperidine rings is 1. The highest BCUT2D eigenvalue weighted by Gasteiger charge is 2.33. The number of carbonyl (C=O) groups is 1. The monoisotopic (exact) mass is 261 g/mol. The second-order valence-corrected chi connectivity index (χ2v) is 4.34. The molecule has 0 bridgehead atoms. The molecule has 1 aromatic heterocycles. The zero-order valence-corrected chi connectivity index (χ0v) is 9.78. The molecule has 1 aliphatic heterocycles. The molecule has 0 radical (unpaired) electrons. The van der Waals surface area contributed by atoms with E-state index < -0.39 is 11.9 Å². The number of hydrogen-bond donors (Lipinski definition) is 0. The second-order valence-electron chi connectivity index (χ2n) is 4.34. The fraction of sp³-hybridized carbons (Fsp3) is 0.636. The molecule has 1 fully saturated rings. The van der Waals surface area contributed by atoms with E-state index >= 15 is 0 Å². The lowest BCUT2D eigenvalue weighted by atomic mass is 10.1. The van der Waals surface area contributed by atoms with Crippen LogP contribution in [0.5, 0.6) is 0 Å². The number of amides is 1. The molecule has 1 aliphatic rings. The molecule has 2 rings (SSSR count). The van der Waals surface area contributed by atoms with Gasteiger partial charge in [-0.15, -0.1) is 0 Å². The van der Waals surface area contributed by atoms with E-state index in [1.54, 1.807) is 4.90 Å². The van der Waals surface area contributed by atoms with Gasteiger partial charge in [0.25, 0.3) is 0 Å². The first-order chi connectivity index (χ1) is 8.47. The molecule has 0 N–H and O–H groups in total. The van der Waals surface area contributed by atoms with Crippen LogP contribution in [0.1, 0.15) is 25.0 Å². The molecule has 0 spiro atoms. The molecule has 0 aromatic carbocycles. The smallest absolute Gasteiger partial charge is 0.341 e. The van der Waals surface area contributed by atoms with E-state index in [2.05, 4.69) is 5.10 Å². The topological polar surface area (TPSA) is 38.1 Å². The lowest BCUT2D eigenvalue weighted by Crippen LogP contribution is -2.37. The molecule has 1 aromatic rings. The summed E-state index contributed by atoms with van der Waals surface area (Å²) in [4.78, 5) is 13.5. The van der Waals surface area contributed by atoms with Crippen molar-refractivity contribution in [1.29, 1.82) is 0 Å². The molecule has 0 aliphatic carbocycles. The molecule has 0 saturated carbocycles. The van der Waals surface area contributed by atoms with E-state index in [-0.39, 0.29) is 12.5 Å². The lowest BCUT2D eigenvalue weighted by Gasteiger charge is -2.26. The maximum absolute atomic E-state index is 12.3. The minimum atomic E-state index is -4.46. The van der Waals surface area contributed by atoms with Gasteiger partial charge in [0, 0.05) is 19.3 Å². The zero-order chi connectivity index (χ0) is 13.2. The third-order valence-electron chi connectivity index (χ3n) is 2.94. The average molecular weight is 261 g/mol. The summed E-state index contributed by atoms with van der Waals surface area (Å²) in [7, 11) is 0. The van der Waals surface area contributed by atoms with Gasteiger partial charge in [-0.1, -0.05) is 0 Å². The summed E-state index contributed by atoms with van der Waals surface area (Å²) in [5.41, 5.74) is -0.964. The third-order valence-corrected chi connectivity index (χ3v) is 2.94. The lowest BCUT2D eigenvalue weighted by molar-refractivity contribution is -0.142. The van der Waals surface area contributed by atoms with Crippen LogP contribution in [0.15, 0.2) is 12.3 Å². The van der Waals surface area contributed by atoms with Crippen molar-refractivity contribution in [3.8, 4) is 0 Å². The molecule has 18 heavy (non-hydrogen) atoms. The van der Waals surface area contributed by atoms with Gasteiger partial charge in [-0.05, 0) is 25.3 Å². The SMILES string of the molecule is O=C(Cn1ccc(C(F)(F)F)n1)N1CCCCC1. The maximum atomic E-state index is 12.3. The van der Waals surface area contributed by atoms with Crippen LogP contribution in [0, 0.1) is 0 Å². The Balaban J connectivity index is 1.96. The van der Waals surface area contributed by atoms with Gasteiger partial charge in [0.2, 0.25) is 5.91 Å². The molecule has 100 valence electrons. The van der Waals surface area contributed by atoms with Gasteiger partial charge in [0.05, 0.1) is 0 Å². The molecule has 0 atom stereocenters. The van der Waals surface area contributed by atoms with Crippen LogP contribution in [0.25, 0.3) is 0 Å². The van der Waals surface area contributed by atoms with E-state index in [0.29, 0.717) is 13.1 Å². The minimum Gasteiger partial charge on any atom is -0.341 e. The van der Waals surface area contributed by atoms with E-state index in [1.165, 1.54) is 6.20 Å². The van der Waals surface area contributed by atoms with Gasteiger partial charge in [-0.3, -0.25) is 9.48 Å². The number of alkyl halides is 3. The number of rotatable bonds is 2. The van der Waals surface area contributed by atoms with Crippen LogP contribution in [-0.2, 0) is 17.5 Å². The molecule has 4 nitrogen and oxygen atoms in total. The van der Waals surface area contributed by atoms with Crippen LogP contribution in [0.4, 0.5) is 13.2 Å². The molecule has 0 unspecified atom stereocenters. The Hall–Kier alpha value is -1.53. The summed E-state index contributed by atoms with van der Waals surface area (Å²) in [5.74, 6) is -0.175. The van der Waals surface area contributed by atoms with Gasteiger partial charge < -0.3 is 4.90 Å². The number of halogens is 3. The number of aromatic nitrogens is 2. The Morgan fingerprint density at radius 2 is 1.94 bits per heavy atom. The van der Waals surface area contributed by atoms with E-state index in [9.17, 15) is 18.0 Å². The summed E-state index contributed by atoms with van der Waals surface area (Å²) in [6.07, 6.45) is -0.259. The summed E-state index contributed by atoms with van der Waals surface area (Å²) in [6.45, 7) is 1.24. The maximum Gasteiger partial charge on any atom is 0.435 e. The van der Waals surface area contributed by atoms with Crippen molar-refractivity contribution in [3.63, 3.8) is 0 Å². The van der Waals surface area contributed by atoms with Crippen LogP contribution < -0.4 is 0 Å². The van der Waals surface area contributed by atoms with E-state index in [1.807, 2.05) is 0 Å². The highest BCUT2D eigenvalue weighted by atomic mass is 19.4. The second kappa shape index (κ2) is 4.99. The van der Waals surface area contributed by atoms with Crippen LogP contribution in [-0.4, -0.2) is 33.7 Å². The summed E-state index contributed by atoms with van der Waals surface area (Å²) in [6, 6.07) is 0.878. The Morgan fingerprint density at radius 1 is 1.28 bits per heavy atom. The number of likely N-dealkylation sites (tertiary alicyclic amines) is 1. The normalized spacial score (nSPS) is 16.9. The number of hydrogen-bond acceptors (Lipinski definition) is 2. The molecule has 7 heteroatoms. The molecule has 2 heterocycles. The average Bonchev–Trinajstić information content (AvgIpc) is 2.78. The van der Waals surface area contributed by atoms with Gasteiger partial charge in [0.15, 0.2) is 5.69 Å². The first kappa shape index (κ1) is 12.9. The van der Waals surface area contributed by atoms with Crippen molar-refractivity contribution in [1.82, 2.24) is 14.7 Å². The van der Waals surface area contributed by atoms with Crippen LogP contribution in [0.3, 0.4) is 0 Å². The van der Waals surface area contributed by atoms with Crippen molar-refractivity contribution in [2.45, 2.75) is 32.0 Å². The van der Waals surface area contributed by atoms with Crippen molar-refractivity contribution in [2.24, 2.45) is 0 Å². The first-order valence-corrected chi connectivity index (χ1v) is 5.85. The van der Waals surface area contributed by atoms with Crippen molar-refractivity contribution >= 4 is 5.91 Å². The highest BCUT2D eigenvalue weighted by Crippen LogP contribution is 2.27. The molecule has 1 amide bonds. The van der Waals surface area contributed by atoms with Gasteiger partial charge >= 0.3 is 6.18 Å². The molecular formula is C11H14F3N3O. The number of nitrogens with zero attached hydrogens (tertiary/aromatic N) is 3. The minimum absolute atomic E-state index is 0.129. The molecular weight excluding hydrogens is 247 g/mol. The van der Waals surface area contributed by atoms with Crippen LogP contribution >= 0.6 is 0 Å². The van der Waals surface area contributed by atoms with Gasteiger partial charge in [-0.2, -0.15) is 18.3 Å². The Morgan fingerprint density at radius 3 is 2.50 bits per heavy atom. The quantitative estimate of drug-likeness (QED) is 0.815. The van der Waals surface area contributed by atoms with Gasteiger partial charge in [0.1, 0.15) is 6.54 Å². The Bertz CT molecular complexity index is 421. The van der Waals surface area contributed by atoms with Crippen molar-refractivity contribution < 1.29 is 18.0 Å². The van der Waals surface area contributed by atoms with Gasteiger partial charge in [-0.25, -0.2) is 0 Å². The third kappa shape index (κ3) is 3.02. The fourth-order valence-corrected chi connectivity index (χ4v) is 1.98. The Labute approximate surface area is 102 Å².